The maximum atomic E-state index is 5.31. The second kappa shape index (κ2) is 5.51. The summed E-state index contributed by atoms with van der Waals surface area (Å²) in [6.07, 6.45) is 5.39. The zero-order valence-corrected chi connectivity index (χ0v) is 11.8. The molecule has 0 saturated heterocycles. The minimum absolute atomic E-state index is 0.495. The third-order valence-electron chi connectivity index (χ3n) is 4.62. The molecule has 3 rings (SSSR count). The minimum atomic E-state index is 0.495. The highest BCUT2D eigenvalue weighted by Gasteiger charge is 2.36. The van der Waals surface area contributed by atoms with Crippen molar-refractivity contribution in [3.8, 4) is 5.75 Å². The van der Waals surface area contributed by atoms with Crippen molar-refractivity contribution in [3.63, 3.8) is 0 Å². The molecule has 1 N–H and O–H groups in total. The average Bonchev–Trinajstić information content (AvgIpc) is 2.35. The maximum absolute atomic E-state index is 5.31. The van der Waals surface area contributed by atoms with E-state index in [0.29, 0.717) is 18.2 Å². The smallest absolute Gasteiger partial charge is 0.118 e. The highest BCUT2D eigenvalue weighted by Crippen LogP contribution is 2.38. The molecule has 1 aromatic carbocycles. The van der Waals surface area contributed by atoms with Gasteiger partial charge in [0.2, 0.25) is 0 Å². The Balaban J connectivity index is 1.42. The molecule has 104 valence electrons. The van der Waals surface area contributed by atoms with Gasteiger partial charge in [0.05, 0.1) is 13.2 Å². The van der Waals surface area contributed by atoms with Gasteiger partial charge in [0.25, 0.3) is 0 Å². The van der Waals surface area contributed by atoms with Crippen molar-refractivity contribution < 1.29 is 9.47 Å². The molecular weight excluding hydrogens is 238 g/mol. The SMILES string of the molecule is COc1ccc(C2CC(NC3CC(OC)C3)C2)cc1. The van der Waals surface area contributed by atoms with Crippen LogP contribution in [0.15, 0.2) is 24.3 Å². The normalized spacial score (nSPS) is 33.4. The van der Waals surface area contributed by atoms with Crippen LogP contribution in [0.4, 0.5) is 0 Å². The second-order valence-corrected chi connectivity index (χ2v) is 5.83. The summed E-state index contributed by atoms with van der Waals surface area (Å²) in [6, 6.07) is 9.91. The van der Waals surface area contributed by atoms with Gasteiger partial charge in [-0.15, -0.1) is 0 Å². The van der Waals surface area contributed by atoms with E-state index in [2.05, 4.69) is 29.6 Å². The Labute approximate surface area is 115 Å². The Kier molecular flexibility index (Phi) is 3.76. The van der Waals surface area contributed by atoms with Gasteiger partial charge in [0, 0.05) is 19.2 Å². The fourth-order valence-electron chi connectivity index (χ4n) is 3.13. The maximum Gasteiger partial charge on any atom is 0.118 e. The van der Waals surface area contributed by atoms with Crippen LogP contribution >= 0.6 is 0 Å². The van der Waals surface area contributed by atoms with Gasteiger partial charge < -0.3 is 14.8 Å². The fourth-order valence-corrected chi connectivity index (χ4v) is 3.13. The summed E-state index contributed by atoms with van der Waals surface area (Å²) in [4.78, 5) is 0. The number of nitrogens with one attached hydrogen (secondary N) is 1. The van der Waals surface area contributed by atoms with E-state index in [1.807, 2.05) is 7.11 Å². The Hall–Kier alpha value is -1.06. The molecule has 0 heterocycles. The average molecular weight is 261 g/mol. The number of hydrogen-bond acceptors (Lipinski definition) is 3. The Morgan fingerprint density at radius 3 is 2.16 bits per heavy atom. The van der Waals surface area contributed by atoms with E-state index in [4.69, 9.17) is 9.47 Å². The number of ether oxygens (including phenoxy) is 2. The Bertz CT molecular complexity index is 405. The molecule has 3 nitrogen and oxygen atoms in total. The first-order chi connectivity index (χ1) is 9.28. The molecule has 2 fully saturated rings. The van der Waals surface area contributed by atoms with E-state index >= 15 is 0 Å². The Morgan fingerprint density at radius 1 is 0.947 bits per heavy atom. The molecule has 0 spiro atoms. The molecule has 0 aliphatic heterocycles. The molecule has 2 aliphatic carbocycles. The van der Waals surface area contributed by atoms with Gasteiger partial charge in [-0.25, -0.2) is 0 Å². The molecule has 2 saturated carbocycles. The topological polar surface area (TPSA) is 30.5 Å². The standard InChI is InChI=1S/C16H23NO2/c1-18-15-5-3-11(4-6-15)12-7-13(8-12)17-14-9-16(10-14)19-2/h3-6,12-14,16-17H,7-10H2,1-2H3. The molecule has 0 aromatic heterocycles. The second-order valence-electron chi connectivity index (χ2n) is 5.83. The van der Waals surface area contributed by atoms with Crippen LogP contribution in [0.5, 0.6) is 5.75 Å². The summed E-state index contributed by atoms with van der Waals surface area (Å²) in [7, 11) is 3.52. The largest absolute Gasteiger partial charge is 0.497 e. The van der Waals surface area contributed by atoms with Crippen molar-refractivity contribution in [2.24, 2.45) is 0 Å². The highest BCUT2D eigenvalue weighted by atomic mass is 16.5. The van der Waals surface area contributed by atoms with E-state index < -0.39 is 0 Å². The summed E-state index contributed by atoms with van der Waals surface area (Å²) in [5, 5.41) is 3.73. The van der Waals surface area contributed by atoms with Gasteiger partial charge in [-0.3, -0.25) is 0 Å². The number of rotatable bonds is 5. The van der Waals surface area contributed by atoms with E-state index in [0.717, 1.165) is 11.7 Å². The van der Waals surface area contributed by atoms with Crippen LogP contribution in [0, 0.1) is 0 Å². The van der Waals surface area contributed by atoms with Crippen LogP contribution in [-0.4, -0.2) is 32.4 Å². The van der Waals surface area contributed by atoms with Crippen molar-refractivity contribution in [1.29, 1.82) is 0 Å². The molecule has 1 aromatic rings. The van der Waals surface area contributed by atoms with Crippen molar-refractivity contribution in [2.45, 2.75) is 49.8 Å². The molecular formula is C16H23NO2. The number of hydrogen-bond donors (Lipinski definition) is 1. The Morgan fingerprint density at radius 2 is 1.58 bits per heavy atom. The first kappa shape index (κ1) is 12.9. The van der Waals surface area contributed by atoms with E-state index in [9.17, 15) is 0 Å². The lowest BCUT2D eigenvalue weighted by atomic mass is 9.74. The van der Waals surface area contributed by atoms with Gasteiger partial charge in [0.1, 0.15) is 5.75 Å². The predicted molar refractivity (Wildman–Crippen MR) is 75.7 cm³/mol. The predicted octanol–water partition coefficient (Wildman–Crippen LogP) is 2.71. The van der Waals surface area contributed by atoms with Crippen molar-refractivity contribution in [1.82, 2.24) is 5.32 Å². The van der Waals surface area contributed by atoms with Crippen LogP contribution in [0.1, 0.15) is 37.2 Å². The number of methoxy groups -OCH3 is 2. The van der Waals surface area contributed by atoms with Gasteiger partial charge >= 0.3 is 0 Å². The zero-order chi connectivity index (χ0) is 13.2. The van der Waals surface area contributed by atoms with E-state index in [1.165, 1.54) is 31.2 Å². The summed E-state index contributed by atoms with van der Waals surface area (Å²) >= 11 is 0. The lowest BCUT2D eigenvalue weighted by molar-refractivity contribution is 0.00999. The van der Waals surface area contributed by atoms with Crippen LogP contribution in [0.2, 0.25) is 0 Å². The lowest BCUT2D eigenvalue weighted by Gasteiger charge is -2.43. The van der Waals surface area contributed by atoms with E-state index in [-0.39, 0.29) is 0 Å². The molecule has 0 radical (unpaired) electrons. The molecule has 0 unspecified atom stereocenters. The molecule has 0 bridgehead atoms. The summed E-state index contributed by atoms with van der Waals surface area (Å²) in [5.41, 5.74) is 1.45. The van der Waals surface area contributed by atoms with Crippen LogP contribution < -0.4 is 10.1 Å². The van der Waals surface area contributed by atoms with Crippen LogP contribution in [-0.2, 0) is 4.74 Å². The first-order valence-corrected chi connectivity index (χ1v) is 7.21. The number of benzene rings is 1. The molecule has 3 heteroatoms. The summed E-state index contributed by atoms with van der Waals surface area (Å²) < 4.78 is 10.5. The fraction of sp³-hybridized carbons (Fsp3) is 0.625. The third-order valence-corrected chi connectivity index (χ3v) is 4.62. The minimum Gasteiger partial charge on any atom is -0.497 e. The molecule has 0 atom stereocenters. The monoisotopic (exact) mass is 261 g/mol. The third kappa shape index (κ3) is 2.77. The van der Waals surface area contributed by atoms with Gasteiger partial charge in [0.15, 0.2) is 0 Å². The van der Waals surface area contributed by atoms with Crippen molar-refractivity contribution >= 4 is 0 Å². The van der Waals surface area contributed by atoms with Gasteiger partial charge in [-0.05, 0) is 49.3 Å². The summed E-state index contributed by atoms with van der Waals surface area (Å²) in [5.74, 6) is 1.67. The van der Waals surface area contributed by atoms with Crippen molar-refractivity contribution in [2.75, 3.05) is 14.2 Å². The van der Waals surface area contributed by atoms with Crippen LogP contribution in [0.25, 0.3) is 0 Å². The van der Waals surface area contributed by atoms with E-state index in [1.54, 1.807) is 7.11 Å². The quantitative estimate of drug-likeness (QED) is 0.884. The molecule has 19 heavy (non-hydrogen) atoms. The lowest BCUT2D eigenvalue weighted by Crippen LogP contribution is -2.52. The first-order valence-electron chi connectivity index (χ1n) is 7.21. The molecule has 0 amide bonds. The van der Waals surface area contributed by atoms with Crippen molar-refractivity contribution in [3.05, 3.63) is 29.8 Å². The van der Waals surface area contributed by atoms with Gasteiger partial charge in [-0.2, -0.15) is 0 Å². The molecule has 2 aliphatic rings. The van der Waals surface area contributed by atoms with Gasteiger partial charge in [-0.1, -0.05) is 12.1 Å². The zero-order valence-electron chi connectivity index (χ0n) is 11.8. The summed E-state index contributed by atoms with van der Waals surface area (Å²) in [6.45, 7) is 0. The van der Waals surface area contributed by atoms with Crippen LogP contribution in [0.3, 0.4) is 0 Å². The highest BCUT2D eigenvalue weighted by molar-refractivity contribution is 5.31.